The Balaban J connectivity index is 0.911. The number of carbonyl (C=O) groups is 6. The van der Waals surface area contributed by atoms with Gasteiger partial charge in [0.05, 0.1) is 4.75 Å². The van der Waals surface area contributed by atoms with E-state index < -0.39 is 70.7 Å². The number of carbonyl (C=O) groups excluding carboxylic acids is 6. The number of fused-ring (bicyclic) bond motifs is 4. The highest BCUT2D eigenvalue weighted by atomic mass is 32.2. The molecule has 0 bridgehead atoms. The van der Waals surface area contributed by atoms with Gasteiger partial charge in [-0.2, -0.15) is 0 Å². The normalized spacial score (nSPS) is 21.5. The molecule has 5 aromatic carbocycles. The zero-order valence-corrected chi connectivity index (χ0v) is 48.8. The third-order valence-electron chi connectivity index (χ3n) is 18.5. The van der Waals surface area contributed by atoms with E-state index in [1.54, 1.807) is 9.80 Å². The van der Waals surface area contributed by atoms with Crippen molar-refractivity contribution in [3.63, 3.8) is 0 Å². The molecule has 0 spiro atoms. The van der Waals surface area contributed by atoms with Gasteiger partial charge in [0.1, 0.15) is 42.9 Å². The Bertz CT molecular complexity index is 2890. The van der Waals surface area contributed by atoms with Crippen LogP contribution in [0.2, 0.25) is 0 Å². The summed E-state index contributed by atoms with van der Waals surface area (Å²) in [6, 6.07) is 41.6. The molecule has 9 atom stereocenters. The molecule has 5 amide bonds. The van der Waals surface area contributed by atoms with Gasteiger partial charge in [0.25, 0.3) is 0 Å². The Kier molecular flexibility index (Phi) is 18.9. The van der Waals surface area contributed by atoms with Gasteiger partial charge in [-0.25, -0.2) is 9.59 Å². The first kappa shape index (κ1) is 58.3. The summed E-state index contributed by atoms with van der Waals surface area (Å²) in [4.78, 5) is 92.6. The SMILES string of the molecule is CC[C@H](C)[C@H](NC(=O)[C@@H]1C[C@@H]2CCCC[C@@H]2N1C(=O)[C@@H]1CCCN1C(=O)OCC1c2ccccc2-c2ccccc21)C(=O)N[C@@H](CSC(c1ccccc1)(c1ccccc1)c1ccccc1)C(=O)N[C@H](C(=O)OC1CCCC1)[C@@H](C)CC. The van der Waals surface area contributed by atoms with Crippen molar-refractivity contribution in [2.75, 3.05) is 18.9 Å². The topological polar surface area (TPSA) is 163 Å². The third kappa shape index (κ3) is 12.2. The average Bonchev–Trinajstić information content (AvgIpc) is 4.01. The van der Waals surface area contributed by atoms with Gasteiger partial charge in [0, 0.05) is 24.3 Å². The number of thioether (sulfide) groups is 1. The van der Waals surface area contributed by atoms with Crippen molar-refractivity contribution in [1.29, 1.82) is 0 Å². The van der Waals surface area contributed by atoms with Crippen LogP contribution in [0, 0.1) is 17.8 Å². The zero-order valence-electron chi connectivity index (χ0n) is 48.0. The van der Waals surface area contributed by atoms with Crippen LogP contribution in [0.4, 0.5) is 4.79 Å². The average molecular weight is 1130 g/mol. The van der Waals surface area contributed by atoms with Gasteiger partial charge >= 0.3 is 12.1 Å². The Labute approximate surface area is 488 Å². The lowest BCUT2D eigenvalue weighted by Gasteiger charge is -2.37. The van der Waals surface area contributed by atoms with Gasteiger partial charge in [0.15, 0.2) is 0 Å². The second-order valence-corrected chi connectivity index (χ2v) is 24.7. The molecule has 2 saturated carbocycles. The number of hydrogen-bond acceptors (Lipinski definition) is 9. The number of benzene rings is 5. The second-order valence-electron chi connectivity index (χ2n) is 23.5. The summed E-state index contributed by atoms with van der Waals surface area (Å²) >= 11 is 1.52. The van der Waals surface area contributed by atoms with Crippen LogP contribution < -0.4 is 16.0 Å². The van der Waals surface area contributed by atoms with Gasteiger partial charge < -0.3 is 30.3 Å². The van der Waals surface area contributed by atoms with Crippen LogP contribution in [0.1, 0.15) is 145 Å². The van der Waals surface area contributed by atoms with Crippen molar-refractivity contribution in [2.45, 2.75) is 164 Å². The highest BCUT2D eigenvalue weighted by Crippen LogP contribution is 2.49. The summed E-state index contributed by atoms with van der Waals surface area (Å²) in [5.74, 6) is -2.94. The molecular weight excluding hydrogens is 1050 g/mol. The van der Waals surface area contributed by atoms with Crippen molar-refractivity contribution in [3.05, 3.63) is 167 Å². The van der Waals surface area contributed by atoms with Crippen LogP contribution in [0.25, 0.3) is 11.1 Å². The highest BCUT2D eigenvalue weighted by molar-refractivity contribution is 8.00. The van der Waals surface area contributed by atoms with Crippen LogP contribution in [0.5, 0.6) is 0 Å². The highest BCUT2D eigenvalue weighted by Gasteiger charge is 2.52. The van der Waals surface area contributed by atoms with Crippen LogP contribution in [0.3, 0.4) is 0 Å². The van der Waals surface area contributed by atoms with E-state index in [9.17, 15) is 9.59 Å². The van der Waals surface area contributed by atoms with E-state index in [4.69, 9.17) is 9.47 Å². The maximum atomic E-state index is 15.3. The summed E-state index contributed by atoms with van der Waals surface area (Å²) in [5, 5.41) is 9.37. The van der Waals surface area contributed by atoms with Gasteiger partial charge in [-0.15, -0.1) is 11.8 Å². The Morgan fingerprint density at radius 2 is 1.13 bits per heavy atom. The van der Waals surface area contributed by atoms with E-state index in [-0.39, 0.29) is 48.2 Å². The quantitative estimate of drug-likeness (QED) is 0.0479. The minimum absolute atomic E-state index is 0.0676. The number of nitrogens with zero attached hydrogens (tertiary/aromatic N) is 2. The third-order valence-corrected chi connectivity index (χ3v) is 20.2. The second kappa shape index (κ2) is 26.5. The van der Waals surface area contributed by atoms with Gasteiger partial charge in [-0.3, -0.25) is 24.1 Å². The maximum Gasteiger partial charge on any atom is 0.410 e. The van der Waals surface area contributed by atoms with Gasteiger partial charge in [-0.1, -0.05) is 193 Å². The lowest BCUT2D eigenvalue weighted by Crippen LogP contribution is -2.61. The first-order valence-electron chi connectivity index (χ1n) is 30.3. The van der Waals surface area contributed by atoms with Crippen molar-refractivity contribution in [3.8, 4) is 11.1 Å². The summed E-state index contributed by atoms with van der Waals surface area (Å²) in [7, 11) is 0. The van der Waals surface area contributed by atoms with Crippen molar-refractivity contribution >= 4 is 47.5 Å². The van der Waals surface area contributed by atoms with E-state index in [0.717, 1.165) is 90.3 Å². The first-order chi connectivity index (χ1) is 39.9. The molecule has 432 valence electrons. The molecule has 14 heteroatoms. The lowest BCUT2D eigenvalue weighted by molar-refractivity contribution is -0.154. The summed E-state index contributed by atoms with van der Waals surface area (Å²) in [5.41, 5.74) is 7.38. The number of hydrogen-bond donors (Lipinski definition) is 3. The molecular formula is C68H81N5O8S. The minimum atomic E-state index is -1.19. The summed E-state index contributed by atoms with van der Waals surface area (Å²) in [6.07, 6.45) is 8.86. The van der Waals surface area contributed by atoms with Gasteiger partial charge in [0.2, 0.25) is 23.6 Å². The summed E-state index contributed by atoms with van der Waals surface area (Å²) in [6.45, 7) is 8.23. The Morgan fingerprint density at radius 1 is 0.598 bits per heavy atom. The molecule has 5 aliphatic rings. The van der Waals surface area contributed by atoms with Crippen LogP contribution in [0.15, 0.2) is 140 Å². The number of amides is 5. The first-order valence-corrected chi connectivity index (χ1v) is 31.3. The zero-order chi connectivity index (χ0) is 57.3. The number of nitrogens with one attached hydrogen (secondary N) is 3. The largest absolute Gasteiger partial charge is 0.461 e. The molecule has 2 saturated heterocycles. The molecule has 3 aliphatic carbocycles. The van der Waals surface area contributed by atoms with Crippen molar-refractivity contribution < 1.29 is 38.2 Å². The molecule has 0 unspecified atom stereocenters. The maximum absolute atomic E-state index is 15.3. The van der Waals surface area contributed by atoms with E-state index in [1.807, 2.05) is 107 Å². The van der Waals surface area contributed by atoms with Gasteiger partial charge in [-0.05, 0) is 114 Å². The van der Waals surface area contributed by atoms with E-state index in [0.29, 0.717) is 38.6 Å². The fourth-order valence-corrected chi connectivity index (χ4v) is 15.2. The van der Waals surface area contributed by atoms with E-state index in [1.165, 1.54) is 11.8 Å². The molecule has 5 aromatic rings. The number of ether oxygens (including phenoxy) is 2. The number of likely N-dealkylation sites (tertiary alicyclic amines) is 2. The van der Waals surface area contributed by atoms with E-state index in [2.05, 4.69) is 76.6 Å². The molecule has 13 nitrogen and oxygen atoms in total. The predicted molar refractivity (Wildman–Crippen MR) is 321 cm³/mol. The molecule has 82 heavy (non-hydrogen) atoms. The molecule has 2 heterocycles. The Hall–Kier alpha value is -6.93. The molecule has 3 N–H and O–H groups in total. The fraction of sp³-hybridized carbons (Fsp3) is 0.471. The standard InChI is InChI=1S/C68H81N5O8S/c1-5-44(3)60(70-63(75)59-41-46-25-16-23-38-57(46)73(59)65(77)58-39-24-40-72(58)67(79)80-42-55-53-36-21-19-34-51(53)52-35-20-22-37-54(52)55)64(76)69-56(62(74)71-61(45(4)6-2)66(78)81-50-32-17-18-33-50)43-82-68(47-26-10-7-11-27-47,48-28-12-8-13-29-48)49-30-14-9-15-31-49/h7-15,19-22,26-31,34-37,44-46,50,55-61H,5-6,16-18,23-25,32-33,38-43H2,1-4H3,(H,69,76)(H,70,75)(H,71,74)/t44-,45-,46-,56-,57-,58-,59-,60-,61-/m0/s1. The minimum Gasteiger partial charge on any atom is -0.461 e. The number of rotatable bonds is 21. The molecule has 0 aromatic heterocycles. The summed E-state index contributed by atoms with van der Waals surface area (Å²) < 4.78 is 11.3. The smallest absolute Gasteiger partial charge is 0.410 e. The molecule has 2 aliphatic heterocycles. The Morgan fingerprint density at radius 3 is 1.72 bits per heavy atom. The fourth-order valence-electron chi connectivity index (χ4n) is 13.6. The van der Waals surface area contributed by atoms with Crippen molar-refractivity contribution in [2.24, 2.45) is 17.8 Å². The molecule has 0 radical (unpaired) electrons. The van der Waals surface area contributed by atoms with E-state index >= 15 is 19.2 Å². The molecule has 4 fully saturated rings. The van der Waals surface area contributed by atoms with Crippen LogP contribution in [-0.2, 0) is 38.2 Å². The number of esters is 1. The monoisotopic (exact) mass is 1130 g/mol. The van der Waals surface area contributed by atoms with Crippen molar-refractivity contribution in [1.82, 2.24) is 25.8 Å². The van der Waals surface area contributed by atoms with Crippen LogP contribution >= 0.6 is 11.8 Å². The lowest BCUT2D eigenvalue weighted by atomic mass is 9.84. The molecule has 10 rings (SSSR count). The predicted octanol–water partition coefficient (Wildman–Crippen LogP) is 11.3. The van der Waals surface area contributed by atoms with Crippen LogP contribution in [-0.4, -0.2) is 107 Å².